The maximum absolute atomic E-state index is 13.6. The van der Waals surface area contributed by atoms with Crippen LogP contribution in [0.3, 0.4) is 0 Å². The summed E-state index contributed by atoms with van der Waals surface area (Å²) in [5.41, 5.74) is 6.57. The van der Waals surface area contributed by atoms with Gasteiger partial charge in [-0.3, -0.25) is 0 Å². The van der Waals surface area contributed by atoms with Gasteiger partial charge < -0.3 is 5.73 Å². The minimum absolute atomic E-state index is 0.00880. The van der Waals surface area contributed by atoms with Crippen molar-refractivity contribution in [1.82, 2.24) is 9.97 Å². The first kappa shape index (κ1) is 12.3. The van der Waals surface area contributed by atoms with Gasteiger partial charge in [0.1, 0.15) is 17.3 Å². The summed E-state index contributed by atoms with van der Waals surface area (Å²) in [4.78, 5) is 8.03. The van der Waals surface area contributed by atoms with Crippen molar-refractivity contribution in [2.75, 3.05) is 5.73 Å². The third kappa shape index (κ3) is 2.01. The van der Waals surface area contributed by atoms with Crippen LogP contribution in [-0.4, -0.2) is 9.97 Å². The van der Waals surface area contributed by atoms with Gasteiger partial charge in [-0.25, -0.2) is 23.1 Å². The predicted molar refractivity (Wildman–Crippen MR) is 61.2 cm³/mol. The third-order valence-corrected chi connectivity index (χ3v) is 2.60. The Kier molecular flexibility index (Phi) is 2.94. The second kappa shape index (κ2) is 4.29. The first-order chi connectivity index (χ1) is 8.40. The molecule has 0 radical (unpaired) electrons. The molecule has 1 aromatic carbocycles. The molecule has 0 spiro atoms. The van der Waals surface area contributed by atoms with Gasteiger partial charge in [-0.1, -0.05) is 0 Å². The number of halogens is 3. The van der Waals surface area contributed by atoms with Crippen molar-refractivity contribution in [3.05, 3.63) is 41.0 Å². The number of hydrogen-bond acceptors (Lipinski definition) is 3. The lowest BCUT2D eigenvalue weighted by Gasteiger charge is -2.09. The Morgan fingerprint density at radius 3 is 2.11 bits per heavy atom. The lowest BCUT2D eigenvalue weighted by atomic mass is 10.1. The van der Waals surface area contributed by atoms with E-state index in [-0.39, 0.29) is 17.1 Å². The molecule has 94 valence electrons. The van der Waals surface area contributed by atoms with E-state index in [1.54, 1.807) is 13.8 Å². The zero-order valence-corrected chi connectivity index (χ0v) is 9.76. The van der Waals surface area contributed by atoms with Crippen molar-refractivity contribution in [3.8, 4) is 11.3 Å². The summed E-state index contributed by atoms with van der Waals surface area (Å²) in [6.45, 7) is 3.37. The standard InChI is InChI=1S/C12H10F3N3/c1-5-6(2)18-12(16)11(17-5)7-3-9(14)10(15)4-8(7)13/h3-4H,1-2H3,(H2,16,18). The molecule has 0 bridgehead atoms. The zero-order chi connectivity index (χ0) is 13.4. The van der Waals surface area contributed by atoms with Crippen LogP contribution in [-0.2, 0) is 0 Å². The van der Waals surface area contributed by atoms with Gasteiger partial charge in [0.15, 0.2) is 11.6 Å². The highest BCUT2D eigenvalue weighted by Crippen LogP contribution is 2.27. The van der Waals surface area contributed by atoms with Crippen LogP contribution < -0.4 is 5.73 Å². The number of nitrogens with zero attached hydrogens (tertiary/aromatic N) is 2. The summed E-state index contributed by atoms with van der Waals surface area (Å²) in [5.74, 6) is -3.38. The van der Waals surface area contributed by atoms with E-state index < -0.39 is 17.5 Å². The van der Waals surface area contributed by atoms with Gasteiger partial charge >= 0.3 is 0 Å². The van der Waals surface area contributed by atoms with Crippen molar-refractivity contribution < 1.29 is 13.2 Å². The van der Waals surface area contributed by atoms with Gasteiger partial charge in [0.25, 0.3) is 0 Å². The fourth-order valence-electron chi connectivity index (χ4n) is 1.52. The number of nitrogen functional groups attached to an aromatic ring is 1. The van der Waals surface area contributed by atoms with Crippen LogP contribution in [0.2, 0.25) is 0 Å². The molecule has 2 aromatic rings. The van der Waals surface area contributed by atoms with Gasteiger partial charge in [-0.15, -0.1) is 0 Å². The largest absolute Gasteiger partial charge is 0.382 e. The number of benzene rings is 1. The smallest absolute Gasteiger partial charge is 0.161 e. The van der Waals surface area contributed by atoms with Crippen LogP contribution in [0.25, 0.3) is 11.3 Å². The zero-order valence-electron chi connectivity index (χ0n) is 9.76. The molecule has 2 rings (SSSR count). The Labute approximate surface area is 101 Å². The predicted octanol–water partition coefficient (Wildman–Crippen LogP) is 2.76. The van der Waals surface area contributed by atoms with Crippen LogP contribution in [0.5, 0.6) is 0 Å². The number of aryl methyl sites for hydroxylation is 2. The van der Waals surface area contributed by atoms with Crippen molar-refractivity contribution in [3.63, 3.8) is 0 Å². The number of aromatic nitrogens is 2. The van der Waals surface area contributed by atoms with Crippen molar-refractivity contribution in [2.45, 2.75) is 13.8 Å². The Balaban J connectivity index is 2.69. The quantitative estimate of drug-likeness (QED) is 0.795. The van der Waals surface area contributed by atoms with E-state index in [2.05, 4.69) is 9.97 Å². The first-order valence-electron chi connectivity index (χ1n) is 5.15. The van der Waals surface area contributed by atoms with Crippen LogP contribution in [0.1, 0.15) is 11.4 Å². The Hall–Kier alpha value is -2.11. The molecule has 0 amide bonds. The Morgan fingerprint density at radius 2 is 1.44 bits per heavy atom. The summed E-state index contributed by atoms with van der Waals surface area (Å²) >= 11 is 0. The minimum atomic E-state index is -1.26. The van der Waals surface area contributed by atoms with Crippen LogP contribution in [0.15, 0.2) is 12.1 Å². The minimum Gasteiger partial charge on any atom is -0.382 e. The number of nitrogens with two attached hydrogens (primary N) is 1. The topological polar surface area (TPSA) is 51.8 Å². The number of hydrogen-bond donors (Lipinski definition) is 1. The van der Waals surface area contributed by atoms with E-state index in [1.165, 1.54) is 0 Å². The molecular weight excluding hydrogens is 243 g/mol. The van der Waals surface area contributed by atoms with Gasteiger partial charge in [-0.05, 0) is 19.9 Å². The van der Waals surface area contributed by atoms with Gasteiger partial charge in [0.05, 0.1) is 11.4 Å². The fraction of sp³-hybridized carbons (Fsp3) is 0.167. The highest BCUT2D eigenvalue weighted by molar-refractivity contribution is 5.70. The van der Waals surface area contributed by atoms with Crippen LogP contribution in [0.4, 0.5) is 19.0 Å². The van der Waals surface area contributed by atoms with Gasteiger partial charge in [0, 0.05) is 11.6 Å². The summed E-state index contributed by atoms with van der Waals surface area (Å²) in [6, 6.07) is 1.18. The average molecular weight is 253 g/mol. The van der Waals surface area contributed by atoms with E-state index in [0.717, 1.165) is 6.07 Å². The van der Waals surface area contributed by atoms with E-state index in [0.29, 0.717) is 17.5 Å². The number of anilines is 1. The molecule has 0 saturated heterocycles. The van der Waals surface area contributed by atoms with E-state index in [9.17, 15) is 13.2 Å². The van der Waals surface area contributed by atoms with E-state index in [4.69, 9.17) is 5.73 Å². The Bertz CT molecular complexity index is 571. The van der Waals surface area contributed by atoms with Crippen LogP contribution >= 0.6 is 0 Å². The van der Waals surface area contributed by atoms with Crippen molar-refractivity contribution in [2.24, 2.45) is 0 Å². The van der Waals surface area contributed by atoms with E-state index >= 15 is 0 Å². The maximum Gasteiger partial charge on any atom is 0.161 e. The molecule has 18 heavy (non-hydrogen) atoms. The molecule has 0 aliphatic carbocycles. The lowest BCUT2D eigenvalue weighted by molar-refractivity contribution is 0.496. The average Bonchev–Trinajstić information content (AvgIpc) is 2.29. The second-order valence-electron chi connectivity index (χ2n) is 3.87. The molecule has 0 saturated carbocycles. The lowest BCUT2D eigenvalue weighted by Crippen LogP contribution is -2.04. The summed E-state index contributed by atoms with van der Waals surface area (Å²) in [5, 5.41) is 0. The molecule has 0 aliphatic heterocycles. The van der Waals surface area contributed by atoms with Gasteiger partial charge in [0.2, 0.25) is 0 Å². The SMILES string of the molecule is Cc1nc(N)c(-c2cc(F)c(F)cc2F)nc1C. The molecule has 3 nitrogen and oxygen atoms in total. The highest BCUT2D eigenvalue weighted by Gasteiger charge is 2.16. The van der Waals surface area contributed by atoms with Crippen molar-refractivity contribution in [1.29, 1.82) is 0 Å². The normalized spacial score (nSPS) is 10.7. The molecule has 1 aromatic heterocycles. The summed E-state index contributed by atoms with van der Waals surface area (Å²) < 4.78 is 39.6. The second-order valence-corrected chi connectivity index (χ2v) is 3.87. The third-order valence-electron chi connectivity index (χ3n) is 2.60. The van der Waals surface area contributed by atoms with Crippen LogP contribution in [0, 0.1) is 31.3 Å². The number of rotatable bonds is 1. The summed E-state index contributed by atoms with van der Waals surface area (Å²) in [7, 11) is 0. The molecule has 0 atom stereocenters. The molecule has 0 aliphatic rings. The van der Waals surface area contributed by atoms with Gasteiger partial charge in [-0.2, -0.15) is 0 Å². The molecule has 1 heterocycles. The highest BCUT2D eigenvalue weighted by atomic mass is 19.2. The molecule has 0 fully saturated rings. The fourth-order valence-corrected chi connectivity index (χ4v) is 1.52. The van der Waals surface area contributed by atoms with Crippen molar-refractivity contribution >= 4 is 5.82 Å². The molecule has 0 unspecified atom stereocenters. The molecule has 2 N–H and O–H groups in total. The van der Waals surface area contributed by atoms with E-state index in [1.807, 2.05) is 0 Å². The summed E-state index contributed by atoms with van der Waals surface area (Å²) in [6.07, 6.45) is 0. The first-order valence-corrected chi connectivity index (χ1v) is 5.15. The maximum atomic E-state index is 13.6. The Morgan fingerprint density at radius 1 is 0.889 bits per heavy atom. The molecule has 6 heteroatoms. The molecular formula is C12H10F3N3. The monoisotopic (exact) mass is 253 g/mol.